The van der Waals surface area contributed by atoms with Gasteiger partial charge in [0.15, 0.2) is 0 Å². The highest BCUT2D eigenvalue weighted by molar-refractivity contribution is 5.87. The van der Waals surface area contributed by atoms with E-state index in [-0.39, 0.29) is 30.9 Å². The number of alkyl carbamates (subject to hydrolysis) is 1. The Kier molecular flexibility index (Phi) is 6.26. The van der Waals surface area contributed by atoms with Crippen LogP contribution in [0.2, 0.25) is 0 Å². The average molecular weight is 463 g/mol. The van der Waals surface area contributed by atoms with E-state index in [0.717, 1.165) is 41.5 Å². The number of nitrogens with one attached hydrogen (secondary N) is 1. The number of fused-ring (bicyclic) bond motifs is 3. The van der Waals surface area contributed by atoms with Crippen molar-refractivity contribution in [1.82, 2.24) is 10.2 Å². The van der Waals surface area contributed by atoms with Crippen molar-refractivity contribution in [2.75, 3.05) is 13.2 Å². The van der Waals surface area contributed by atoms with Gasteiger partial charge in [-0.25, -0.2) is 4.79 Å². The molecule has 1 saturated carbocycles. The summed E-state index contributed by atoms with van der Waals surface area (Å²) in [6.45, 7) is 0.722. The van der Waals surface area contributed by atoms with Crippen molar-refractivity contribution in [3.8, 4) is 11.1 Å². The monoisotopic (exact) mass is 462 g/mol. The van der Waals surface area contributed by atoms with E-state index in [0.29, 0.717) is 25.3 Å². The van der Waals surface area contributed by atoms with Gasteiger partial charge in [-0.2, -0.15) is 0 Å². The summed E-state index contributed by atoms with van der Waals surface area (Å²) < 4.78 is 5.66. The molecule has 3 aliphatic rings. The highest BCUT2D eigenvalue weighted by Gasteiger charge is 2.38. The van der Waals surface area contributed by atoms with Crippen molar-refractivity contribution in [3.63, 3.8) is 0 Å². The molecule has 2 aromatic rings. The fourth-order valence-corrected chi connectivity index (χ4v) is 5.43. The van der Waals surface area contributed by atoms with E-state index in [9.17, 15) is 19.5 Å². The van der Waals surface area contributed by atoms with Gasteiger partial charge in [-0.15, -0.1) is 0 Å². The van der Waals surface area contributed by atoms with Gasteiger partial charge in [0.25, 0.3) is 0 Å². The van der Waals surface area contributed by atoms with Gasteiger partial charge >= 0.3 is 12.1 Å². The number of aliphatic carboxylic acids is 1. The van der Waals surface area contributed by atoms with E-state index < -0.39 is 18.1 Å². The van der Waals surface area contributed by atoms with E-state index in [2.05, 4.69) is 29.6 Å². The molecule has 0 aromatic heterocycles. The number of nitrogens with zero attached hydrogens (tertiary/aromatic N) is 1. The second kappa shape index (κ2) is 9.49. The van der Waals surface area contributed by atoms with Crippen LogP contribution in [0.3, 0.4) is 0 Å². The predicted octanol–water partition coefficient (Wildman–Crippen LogP) is 4.16. The van der Waals surface area contributed by atoms with Crippen LogP contribution in [0.15, 0.2) is 48.5 Å². The molecular formula is C27H30N2O5. The number of carboxylic acid groups (broad SMARTS) is 1. The quantitative estimate of drug-likeness (QED) is 0.614. The summed E-state index contributed by atoms with van der Waals surface area (Å²) in [5, 5.41) is 12.0. The number of hydrogen-bond donors (Lipinski definition) is 2. The Morgan fingerprint density at radius 3 is 2.26 bits per heavy atom. The summed E-state index contributed by atoms with van der Waals surface area (Å²) in [7, 11) is 0. The lowest BCUT2D eigenvalue weighted by atomic mass is 9.98. The first-order valence-electron chi connectivity index (χ1n) is 12.1. The molecule has 5 rings (SSSR count). The van der Waals surface area contributed by atoms with Crippen molar-refractivity contribution < 1.29 is 24.2 Å². The zero-order valence-electron chi connectivity index (χ0n) is 19.1. The number of rotatable bonds is 8. The normalized spacial score (nSPS) is 19.9. The number of hydrogen-bond acceptors (Lipinski definition) is 4. The first-order chi connectivity index (χ1) is 16.5. The van der Waals surface area contributed by atoms with Gasteiger partial charge in [0, 0.05) is 18.5 Å². The first kappa shape index (κ1) is 22.4. The summed E-state index contributed by atoms with van der Waals surface area (Å²) in [4.78, 5) is 39.0. The van der Waals surface area contributed by atoms with E-state index in [1.165, 1.54) is 0 Å². The smallest absolute Gasteiger partial charge is 0.407 e. The van der Waals surface area contributed by atoms with E-state index in [1.54, 1.807) is 4.90 Å². The van der Waals surface area contributed by atoms with Crippen LogP contribution < -0.4 is 5.32 Å². The van der Waals surface area contributed by atoms with Gasteiger partial charge in [-0.1, -0.05) is 61.4 Å². The molecule has 2 aliphatic carbocycles. The minimum atomic E-state index is -0.909. The van der Waals surface area contributed by atoms with Gasteiger partial charge in [0.1, 0.15) is 12.6 Å². The van der Waals surface area contributed by atoms with Crippen LogP contribution in [0.4, 0.5) is 4.79 Å². The number of carboxylic acids is 1. The largest absolute Gasteiger partial charge is 0.481 e. The molecule has 1 unspecified atom stereocenters. The zero-order chi connectivity index (χ0) is 23.7. The highest BCUT2D eigenvalue weighted by Crippen LogP contribution is 2.44. The molecule has 0 radical (unpaired) electrons. The Morgan fingerprint density at radius 1 is 1.00 bits per heavy atom. The Hall–Kier alpha value is -3.35. The van der Waals surface area contributed by atoms with Crippen molar-refractivity contribution in [2.45, 2.75) is 56.5 Å². The van der Waals surface area contributed by atoms with Crippen LogP contribution in [0.5, 0.6) is 0 Å². The Bertz CT molecular complexity index is 1050. The third-order valence-electron chi connectivity index (χ3n) is 7.27. The molecule has 7 heteroatoms. The maximum Gasteiger partial charge on any atom is 0.407 e. The van der Waals surface area contributed by atoms with Crippen molar-refractivity contribution in [1.29, 1.82) is 0 Å². The average Bonchev–Trinajstić information content (AvgIpc) is 3.43. The molecule has 7 nitrogen and oxygen atoms in total. The minimum absolute atomic E-state index is 0.0470. The number of amides is 2. The third-order valence-corrected chi connectivity index (χ3v) is 7.27. The highest BCUT2D eigenvalue weighted by atomic mass is 16.5. The van der Waals surface area contributed by atoms with E-state index in [1.807, 2.05) is 24.3 Å². The molecule has 2 N–H and O–H groups in total. The second-order valence-corrected chi connectivity index (χ2v) is 9.63. The molecule has 178 valence electrons. The fraction of sp³-hybridized carbons (Fsp3) is 0.444. The molecule has 2 fully saturated rings. The van der Waals surface area contributed by atoms with E-state index in [4.69, 9.17) is 4.74 Å². The number of benzene rings is 2. The molecule has 1 heterocycles. The Morgan fingerprint density at radius 2 is 1.65 bits per heavy atom. The molecule has 34 heavy (non-hydrogen) atoms. The van der Waals surface area contributed by atoms with Crippen LogP contribution in [-0.2, 0) is 14.3 Å². The van der Waals surface area contributed by atoms with Gasteiger partial charge in [-0.3, -0.25) is 9.59 Å². The molecule has 2 aromatic carbocycles. The van der Waals surface area contributed by atoms with Crippen LogP contribution in [0.25, 0.3) is 11.1 Å². The zero-order valence-corrected chi connectivity index (χ0v) is 19.1. The summed E-state index contributed by atoms with van der Waals surface area (Å²) in [6, 6.07) is 15.3. The van der Waals surface area contributed by atoms with Crippen LogP contribution in [0, 0.1) is 5.92 Å². The Labute approximate surface area is 199 Å². The fourth-order valence-electron chi connectivity index (χ4n) is 5.43. The predicted molar refractivity (Wildman–Crippen MR) is 126 cm³/mol. The molecular weight excluding hydrogens is 432 g/mol. The molecule has 2 atom stereocenters. The summed E-state index contributed by atoms with van der Waals surface area (Å²) in [6.07, 6.45) is 3.47. The molecule has 1 aliphatic heterocycles. The standard InChI is InChI=1S/C27H30N2O5/c30-25(31)15-18-6-5-13-29(18)26(32)24(14-17-11-12-17)28-27(33)34-16-23-21-9-3-1-7-19(21)20-8-2-4-10-22(20)23/h1-4,7-10,17-18,23-24H,5-6,11-16H2,(H,28,33)(H,30,31)/t18-,24?/m0/s1. The minimum Gasteiger partial charge on any atom is -0.481 e. The summed E-state index contributed by atoms with van der Waals surface area (Å²) >= 11 is 0. The topological polar surface area (TPSA) is 95.9 Å². The van der Waals surface area contributed by atoms with Crippen LogP contribution in [-0.4, -0.2) is 53.2 Å². The van der Waals surface area contributed by atoms with Gasteiger partial charge in [0.05, 0.1) is 6.42 Å². The molecule has 2 amide bonds. The lowest BCUT2D eigenvalue weighted by Gasteiger charge is -2.28. The van der Waals surface area contributed by atoms with Crippen molar-refractivity contribution in [2.24, 2.45) is 5.92 Å². The molecule has 0 bridgehead atoms. The summed E-state index contributed by atoms with van der Waals surface area (Å²) in [5.41, 5.74) is 4.59. The second-order valence-electron chi connectivity index (χ2n) is 9.63. The lowest BCUT2D eigenvalue weighted by Crippen LogP contribution is -2.50. The maximum atomic E-state index is 13.3. The molecule has 0 spiro atoms. The number of ether oxygens (including phenoxy) is 1. The molecule has 1 saturated heterocycles. The lowest BCUT2D eigenvalue weighted by molar-refractivity contribution is -0.140. The van der Waals surface area contributed by atoms with Crippen molar-refractivity contribution in [3.05, 3.63) is 59.7 Å². The van der Waals surface area contributed by atoms with Gasteiger partial charge < -0.3 is 20.1 Å². The van der Waals surface area contributed by atoms with Crippen LogP contribution in [0.1, 0.15) is 55.6 Å². The van der Waals surface area contributed by atoms with Crippen LogP contribution >= 0.6 is 0 Å². The first-order valence-corrected chi connectivity index (χ1v) is 12.1. The van der Waals surface area contributed by atoms with Gasteiger partial charge in [0.2, 0.25) is 5.91 Å². The number of carbonyl (C=O) groups is 3. The number of likely N-dealkylation sites (tertiary alicyclic amines) is 1. The van der Waals surface area contributed by atoms with Crippen molar-refractivity contribution >= 4 is 18.0 Å². The summed E-state index contributed by atoms with van der Waals surface area (Å²) in [5.74, 6) is -0.727. The maximum absolute atomic E-state index is 13.3. The number of carbonyl (C=O) groups excluding carboxylic acids is 2. The van der Waals surface area contributed by atoms with Gasteiger partial charge in [-0.05, 0) is 47.4 Å². The van der Waals surface area contributed by atoms with E-state index >= 15 is 0 Å². The SMILES string of the molecule is O=C(O)C[C@@H]1CCCN1C(=O)C(CC1CC1)NC(=O)OCC1c2ccccc2-c2ccccc21. The Balaban J connectivity index is 1.25. The third kappa shape index (κ3) is 4.65.